The highest BCUT2D eigenvalue weighted by Crippen LogP contribution is 2.32. The molecule has 0 radical (unpaired) electrons. The van der Waals surface area contributed by atoms with Gasteiger partial charge >= 0.3 is 5.97 Å². The van der Waals surface area contributed by atoms with E-state index in [-0.39, 0.29) is 12.2 Å². The number of nitrogens with zero attached hydrogens (tertiary/aromatic N) is 2. The Labute approximate surface area is 178 Å². The molecule has 2 heterocycles. The van der Waals surface area contributed by atoms with Crippen LogP contribution in [0.5, 0.6) is 0 Å². The molecule has 0 N–H and O–H groups in total. The minimum absolute atomic E-state index is 0.219. The maximum absolute atomic E-state index is 13.3. The summed E-state index contributed by atoms with van der Waals surface area (Å²) in [4.78, 5) is 30.7. The smallest absolute Gasteiger partial charge is 0.329 e. The van der Waals surface area contributed by atoms with Gasteiger partial charge in [0.05, 0.1) is 18.3 Å². The molecular formula is C24H22N2O3S. The van der Waals surface area contributed by atoms with E-state index in [9.17, 15) is 9.59 Å². The van der Waals surface area contributed by atoms with E-state index in [0.29, 0.717) is 16.6 Å². The van der Waals surface area contributed by atoms with Gasteiger partial charge in [0.2, 0.25) is 0 Å². The number of ether oxygens (including phenoxy) is 1. The van der Waals surface area contributed by atoms with E-state index in [1.807, 2.05) is 42.6 Å². The number of carbonyl (C=O) groups excluding carboxylic acids is 1. The number of fused-ring (bicyclic) bond motifs is 1. The quantitative estimate of drug-likeness (QED) is 0.398. The summed E-state index contributed by atoms with van der Waals surface area (Å²) in [5.41, 5.74) is 3.82. The molecule has 0 unspecified atom stereocenters. The summed E-state index contributed by atoms with van der Waals surface area (Å²) < 4.78 is 6.54. The number of hydrogen-bond donors (Lipinski definition) is 0. The molecule has 4 aromatic rings. The molecule has 6 heteroatoms. The van der Waals surface area contributed by atoms with Crippen LogP contribution in [0.1, 0.15) is 26.3 Å². The largest absolute Gasteiger partial charge is 0.464 e. The number of rotatable bonds is 6. The summed E-state index contributed by atoms with van der Waals surface area (Å²) >= 11 is 1.43. The third-order valence-electron chi connectivity index (χ3n) is 5.10. The zero-order valence-corrected chi connectivity index (χ0v) is 17.7. The van der Waals surface area contributed by atoms with E-state index >= 15 is 0 Å². The van der Waals surface area contributed by atoms with Crippen molar-refractivity contribution in [2.45, 2.75) is 26.3 Å². The monoisotopic (exact) mass is 418 g/mol. The molecule has 30 heavy (non-hydrogen) atoms. The van der Waals surface area contributed by atoms with Gasteiger partial charge in [0.15, 0.2) is 0 Å². The number of carbonyl (C=O) groups is 1. The molecule has 1 atom stereocenters. The zero-order valence-electron chi connectivity index (χ0n) is 16.9. The number of aromatic nitrogens is 2. The second kappa shape index (κ2) is 8.63. The lowest BCUT2D eigenvalue weighted by Crippen LogP contribution is -2.31. The maximum atomic E-state index is 13.3. The van der Waals surface area contributed by atoms with E-state index in [1.165, 1.54) is 22.2 Å². The first-order chi connectivity index (χ1) is 14.6. The molecule has 152 valence electrons. The van der Waals surface area contributed by atoms with Crippen LogP contribution in [-0.4, -0.2) is 22.1 Å². The minimum atomic E-state index is -0.678. The van der Waals surface area contributed by atoms with Gasteiger partial charge in [-0.05, 0) is 30.0 Å². The van der Waals surface area contributed by atoms with E-state index in [1.54, 1.807) is 6.92 Å². The van der Waals surface area contributed by atoms with Crippen LogP contribution >= 0.6 is 11.3 Å². The third kappa shape index (κ3) is 3.66. The average molecular weight is 419 g/mol. The fourth-order valence-electron chi connectivity index (χ4n) is 3.57. The number of thiophene rings is 1. The van der Waals surface area contributed by atoms with Crippen LogP contribution in [0, 0.1) is 0 Å². The van der Waals surface area contributed by atoms with Gasteiger partial charge in [-0.1, -0.05) is 61.5 Å². The van der Waals surface area contributed by atoms with Crippen molar-refractivity contribution in [3.05, 3.63) is 76.7 Å². The Bertz CT molecular complexity index is 1230. The first-order valence-corrected chi connectivity index (χ1v) is 10.8. The van der Waals surface area contributed by atoms with E-state index in [4.69, 9.17) is 4.74 Å². The third-order valence-corrected chi connectivity index (χ3v) is 5.99. The summed E-state index contributed by atoms with van der Waals surface area (Å²) in [5.74, 6) is -0.410. The topological polar surface area (TPSA) is 61.2 Å². The van der Waals surface area contributed by atoms with Crippen LogP contribution in [-0.2, 0) is 9.53 Å². The molecule has 0 amide bonds. The Hall–Kier alpha value is -3.25. The Kier molecular flexibility index (Phi) is 5.77. The summed E-state index contributed by atoms with van der Waals surface area (Å²) in [7, 11) is 0. The molecule has 0 aliphatic carbocycles. The Balaban J connectivity index is 1.77. The van der Waals surface area contributed by atoms with Gasteiger partial charge in [0.25, 0.3) is 5.56 Å². The van der Waals surface area contributed by atoms with Crippen LogP contribution < -0.4 is 5.56 Å². The van der Waals surface area contributed by atoms with Crippen LogP contribution in [0.3, 0.4) is 0 Å². The molecular weight excluding hydrogens is 396 g/mol. The number of hydrogen-bond acceptors (Lipinski definition) is 5. The van der Waals surface area contributed by atoms with Crippen molar-refractivity contribution >= 4 is 27.5 Å². The molecule has 4 rings (SSSR count). The molecule has 0 aliphatic heterocycles. The van der Waals surface area contributed by atoms with Crippen molar-refractivity contribution in [3.8, 4) is 22.3 Å². The fraction of sp³-hybridized carbons (Fsp3) is 0.208. The first-order valence-electron chi connectivity index (χ1n) is 9.94. The van der Waals surface area contributed by atoms with Crippen molar-refractivity contribution < 1.29 is 9.53 Å². The standard InChI is InChI=1S/C24H22N2O3S/c1-3-20(24(28)29-4-2)26-15-25-22-21(23(26)27)19(14-30-22)18-12-10-17(11-13-18)16-8-6-5-7-9-16/h5-15,20H,3-4H2,1-2H3/t20-/m0/s1. The van der Waals surface area contributed by atoms with Gasteiger partial charge < -0.3 is 4.74 Å². The van der Waals surface area contributed by atoms with Gasteiger partial charge in [-0.25, -0.2) is 9.78 Å². The zero-order chi connectivity index (χ0) is 21.1. The predicted octanol–water partition coefficient (Wildman–Crippen LogP) is 5.31. The molecule has 2 aromatic carbocycles. The normalized spacial score (nSPS) is 12.1. The summed E-state index contributed by atoms with van der Waals surface area (Å²) in [6.07, 6.45) is 1.91. The Morgan fingerprint density at radius 2 is 1.70 bits per heavy atom. The van der Waals surface area contributed by atoms with Gasteiger partial charge in [0, 0.05) is 10.9 Å². The minimum Gasteiger partial charge on any atom is -0.464 e. The molecule has 0 saturated carbocycles. The van der Waals surface area contributed by atoms with E-state index < -0.39 is 12.0 Å². The van der Waals surface area contributed by atoms with Crippen molar-refractivity contribution in [3.63, 3.8) is 0 Å². The molecule has 0 bridgehead atoms. The molecule has 5 nitrogen and oxygen atoms in total. The molecule has 0 fully saturated rings. The Morgan fingerprint density at radius 3 is 2.37 bits per heavy atom. The Morgan fingerprint density at radius 1 is 1.03 bits per heavy atom. The SMILES string of the molecule is CCOC(=O)[C@H](CC)n1cnc2scc(-c3ccc(-c4ccccc4)cc3)c2c1=O. The highest BCUT2D eigenvalue weighted by molar-refractivity contribution is 7.17. The summed E-state index contributed by atoms with van der Waals surface area (Å²) in [6, 6.07) is 17.6. The van der Waals surface area contributed by atoms with Gasteiger partial charge in [-0.15, -0.1) is 11.3 Å². The lowest BCUT2D eigenvalue weighted by molar-refractivity contribution is -0.147. The lowest BCUT2D eigenvalue weighted by atomic mass is 10.0. The first kappa shape index (κ1) is 20.0. The van der Waals surface area contributed by atoms with Gasteiger partial charge in [0.1, 0.15) is 10.9 Å². The molecule has 0 aliphatic rings. The van der Waals surface area contributed by atoms with Crippen molar-refractivity contribution in [2.75, 3.05) is 6.61 Å². The van der Waals surface area contributed by atoms with Crippen molar-refractivity contribution in [1.29, 1.82) is 0 Å². The van der Waals surface area contributed by atoms with E-state index in [2.05, 4.69) is 29.2 Å². The van der Waals surface area contributed by atoms with Crippen LogP contribution in [0.15, 0.2) is 71.1 Å². The van der Waals surface area contributed by atoms with Crippen molar-refractivity contribution in [2.24, 2.45) is 0 Å². The van der Waals surface area contributed by atoms with Crippen LogP contribution in [0.2, 0.25) is 0 Å². The maximum Gasteiger partial charge on any atom is 0.329 e. The molecule has 0 spiro atoms. The number of esters is 1. The number of benzene rings is 2. The van der Waals surface area contributed by atoms with Gasteiger partial charge in [-0.3, -0.25) is 9.36 Å². The average Bonchev–Trinajstić information content (AvgIpc) is 3.22. The highest BCUT2D eigenvalue weighted by Gasteiger charge is 2.23. The summed E-state index contributed by atoms with van der Waals surface area (Å²) in [6.45, 7) is 3.89. The highest BCUT2D eigenvalue weighted by atomic mass is 32.1. The van der Waals surface area contributed by atoms with Crippen LogP contribution in [0.25, 0.3) is 32.5 Å². The lowest BCUT2D eigenvalue weighted by Gasteiger charge is -2.16. The van der Waals surface area contributed by atoms with E-state index in [0.717, 1.165) is 22.3 Å². The summed E-state index contributed by atoms with van der Waals surface area (Å²) in [5, 5.41) is 2.49. The predicted molar refractivity (Wildman–Crippen MR) is 121 cm³/mol. The van der Waals surface area contributed by atoms with Crippen LogP contribution in [0.4, 0.5) is 0 Å². The molecule has 0 saturated heterocycles. The van der Waals surface area contributed by atoms with Gasteiger partial charge in [-0.2, -0.15) is 0 Å². The fourth-order valence-corrected chi connectivity index (χ4v) is 4.47. The second-order valence-corrected chi connectivity index (χ2v) is 7.76. The second-order valence-electron chi connectivity index (χ2n) is 6.91. The van der Waals surface area contributed by atoms with Crippen molar-refractivity contribution in [1.82, 2.24) is 9.55 Å². The molecule has 2 aromatic heterocycles.